The summed E-state index contributed by atoms with van der Waals surface area (Å²) < 4.78 is 0. The molecule has 0 atom stereocenters. The Bertz CT molecular complexity index is 459. The van der Waals surface area contributed by atoms with Gasteiger partial charge in [0.1, 0.15) is 0 Å². The van der Waals surface area contributed by atoms with Gasteiger partial charge in [-0.1, -0.05) is 103 Å². The molecule has 0 aliphatic rings. The Labute approximate surface area is 161 Å². The quantitative estimate of drug-likeness (QED) is 0.466. The molecule has 0 unspecified atom stereocenters. The van der Waals surface area contributed by atoms with Crippen molar-refractivity contribution in [1.82, 2.24) is 0 Å². The van der Waals surface area contributed by atoms with Crippen LogP contribution < -0.4 is 0 Å². The van der Waals surface area contributed by atoms with Crippen LogP contribution in [-0.4, -0.2) is 0 Å². The fourth-order valence-electron chi connectivity index (χ4n) is 1.25. The molecule has 1 aromatic carbocycles. The van der Waals surface area contributed by atoms with E-state index in [1.54, 1.807) is 0 Å². The lowest BCUT2D eigenvalue weighted by atomic mass is 10.0. The first-order valence-corrected chi connectivity index (χ1v) is 9.31. The van der Waals surface area contributed by atoms with E-state index in [2.05, 4.69) is 58.2 Å². The monoisotopic (exact) mass is 348 g/mol. The third kappa shape index (κ3) is 20.4. The number of aryl methyl sites for hydroxylation is 2. The SMILES string of the molecule is C.C=C(C)/C(C)=C\C.C=C(C)c1ccc(C)c(C)c1.CC.CC.CC. The van der Waals surface area contributed by atoms with Crippen molar-refractivity contribution in [3.63, 3.8) is 0 Å². The summed E-state index contributed by atoms with van der Waals surface area (Å²) in [5, 5.41) is 0. The maximum atomic E-state index is 3.90. The van der Waals surface area contributed by atoms with Crippen LogP contribution in [0.1, 0.15) is 93.4 Å². The zero-order valence-corrected chi connectivity index (χ0v) is 18.7. The molecular weight excluding hydrogens is 300 g/mol. The summed E-state index contributed by atoms with van der Waals surface area (Å²) in [6, 6.07) is 6.43. The fourth-order valence-corrected chi connectivity index (χ4v) is 1.25. The van der Waals surface area contributed by atoms with Gasteiger partial charge in [0.15, 0.2) is 0 Å². The Kier molecular flexibility index (Phi) is 34.3. The van der Waals surface area contributed by atoms with Gasteiger partial charge < -0.3 is 0 Å². The van der Waals surface area contributed by atoms with E-state index in [9.17, 15) is 0 Å². The van der Waals surface area contributed by atoms with E-state index in [1.807, 2.05) is 62.3 Å². The van der Waals surface area contributed by atoms with E-state index in [1.165, 1.54) is 22.3 Å². The standard InChI is InChI=1S/C11H14.C7H12.3C2H6.CH4/c1-8(2)11-6-5-9(3)10(4)7-11;1-5-7(4)6(2)3;3*1-2;/h5-7H,1H2,2-4H3;5H,2H2,1,3-4H3;3*1-2H3;1H4/b;7-5-;;;;. The van der Waals surface area contributed by atoms with Gasteiger partial charge in [-0.2, -0.15) is 0 Å². The molecule has 148 valence electrons. The Morgan fingerprint density at radius 2 is 1.20 bits per heavy atom. The molecule has 0 heterocycles. The highest BCUT2D eigenvalue weighted by atomic mass is 14.0. The molecule has 0 heteroatoms. The molecule has 0 aliphatic heterocycles. The Morgan fingerprint density at radius 3 is 1.40 bits per heavy atom. The molecule has 25 heavy (non-hydrogen) atoms. The van der Waals surface area contributed by atoms with Crippen LogP contribution in [0.15, 0.2) is 48.6 Å². The molecule has 1 aromatic rings. The van der Waals surface area contributed by atoms with Crippen molar-refractivity contribution in [3.8, 4) is 0 Å². The molecule has 0 nitrogen and oxygen atoms in total. The molecule has 0 aromatic heterocycles. The molecule has 0 saturated heterocycles. The van der Waals surface area contributed by atoms with Crippen LogP contribution in [-0.2, 0) is 0 Å². The van der Waals surface area contributed by atoms with Crippen LogP contribution in [0, 0.1) is 13.8 Å². The lowest BCUT2D eigenvalue weighted by Gasteiger charge is -2.03. The topological polar surface area (TPSA) is 0 Å². The summed E-state index contributed by atoms with van der Waals surface area (Å²) in [5.41, 5.74) is 7.49. The van der Waals surface area contributed by atoms with Crippen LogP contribution in [0.25, 0.3) is 5.57 Å². The molecule has 0 aliphatic carbocycles. The predicted molar refractivity (Wildman–Crippen MR) is 126 cm³/mol. The van der Waals surface area contributed by atoms with Gasteiger partial charge in [-0.25, -0.2) is 0 Å². The lowest BCUT2D eigenvalue weighted by molar-refractivity contribution is 1.33. The average Bonchev–Trinajstić information content (AvgIpc) is 2.62. The normalized spacial score (nSPS) is 8.24. The molecule has 0 fully saturated rings. The van der Waals surface area contributed by atoms with Crippen molar-refractivity contribution in [3.05, 3.63) is 65.3 Å². The second-order valence-electron chi connectivity index (χ2n) is 4.83. The van der Waals surface area contributed by atoms with Gasteiger partial charge in [-0.05, 0) is 58.2 Å². The summed E-state index contributed by atoms with van der Waals surface area (Å²) in [4.78, 5) is 0. The minimum atomic E-state index is 0. The van der Waals surface area contributed by atoms with Crippen molar-refractivity contribution >= 4 is 5.57 Å². The minimum Gasteiger partial charge on any atom is -0.0959 e. The Balaban J connectivity index is -0.0000000833. The smallest absolute Gasteiger partial charge is 0.0230 e. The van der Waals surface area contributed by atoms with Gasteiger partial charge >= 0.3 is 0 Å². The van der Waals surface area contributed by atoms with Gasteiger partial charge in [0.2, 0.25) is 0 Å². The van der Waals surface area contributed by atoms with Crippen molar-refractivity contribution < 1.29 is 0 Å². The second kappa shape index (κ2) is 24.7. The van der Waals surface area contributed by atoms with Gasteiger partial charge in [-0.15, -0.1) is 0 Å². The van der Waals surface area contributed by atoms with Crippen LogP contribution in [0.5, 0.6) is 0 Å². The summed E-state index contributed by atoms with van der Waals surface area (Å²) in [6.45, 7) is 32.0. The second-order valence-corrected chi connectivity index (χ2v) is 4.83. The van der Waals surface area contributed by atoms with Crippen molar-refractivity contribution in [2.45, 2.75) is 90.5 Å². The van der Waals surface area contributed by atoms with E-state index >= 15 is 0 Å². The van der Waals surface area contributed by atoms with Crippen LogP contribution in [0.3, 0.4) is 0 Å². The molecule has 0 saturated carbocycles. The Hall–Kier alpha value is -1.56. The fraction of sp³-hybridized carbons (Fsp3) is 0.520. The van der Waals surface area contributed by atoms with Crippen LogP contribution in [0.4, 0.5) is 0 Å². The summed E-state index contributed by atoms with van der Waals surface area (Å²) in [7, 11) is 0. The van der Waals surface area contributed by atoms with Crippen molar-refractivity contribution in [2.24, 2.45) is 0 Å². The predicted octanol–water partition coefficient (Wildman–Crippen LogP) is 9.58. The summed E-state index contributed by atoms with van der Waals surface area (Å²) >= 11 is 0. The summed E-state index contributed by atoms with van der Waals surface area (Å²) in [6.07, 6.45) is 2.06. The largest absolute Gasteiger partial charge is 0.0959 e. The lowest BCUT2D eigenvalue weighted by Crippen LogP contribution is -1.83. The first-order valence-electron chi connectivity index (χ1n) is 9.31. The third-order valence-corrected chi connectivity index (χ3v) is 3.11. The molecule has 0 spiro atoms. The molecule has 0 radical (unpaired) electrons. The van der Waals surface area contributed by atoms with E-state index < -0.39 is 0 Å². The Morgan fingerprint density at radius 1 is 0.800 bits per heavy atom. The third-order valence-electron chi connectivity index (χ3n) is 3.11. The summed E-state index contributed by atoms with van der Waals surface area (Å²) in [5.74, 6) is 0. The number of benzene rings is 1. The van der Waals surface area contributed by atoms with Gasteiger partial charge in [0.25, 0.3) is 0 Å². The number of allylic oxidation sites excluding steroid dienone is 4. The zero-order chi connectivity index (χ0) is 20.3. The highest BCUT2D eigenvalue weighted by Crippen LogP contribution is 2.15. The average molecular weight is 349 g/mol. The number of hydrogen-bond donors (Lipinski definition) is 0. The maximum absolute atomic E-state index is 3.90. The molecule has 1 rings (SSSR count). The van der Waals surface area contributed by atoms with E-state index in [0.29, 0.717) is 0 Å². The number of rotatable bonds is 2. The minimum absolute atomic E-state index is 0. The maximum Gasteiger partial charge on any atom is -0.0230 e. The van der Waals surface area contributed by atoms with Gasteiger partial charge in [-0.3, -0.25) is 0 Å². The van der Waals surface area contributed by atoms with Gasteiger partial charge in [0, 0.05) is 0 Å². The zero-order valence-electron chi connectivity index (χ0n) is 18.7. The highest BCUT2D eigenvalue weighted by molar-refractivity contribution is 5.62. The number of hydrogen-bond acceptors (Lipinski definition) is 0. The first kappa shape index (κ1) is 34.7. The van der Waals surface area contributed by atoms with E-state index in [0.717, 1.165) is 11.1 Å². The van der Waals surface area contributed by atoms with Crippen LogP contribution >= 0.6 is 0 Å². The van der Waals surface area contributed by atoms with Gasteiger partial charge in [0.05, 0.1) is 0 Å². The van der Waals surface area contributed by atoms with Crippen LogP contribution in [0.2, 0.25) is 0 Å². The molecule has 0 amide bonds. The molecular formula is C25H48. The molecule has 0 bridgehead atoms. The van der Waals surface area contributed by atoms with E-state index in [4.69, 9.17) is 0 Å². The van der Waals surface area contributed by atoms with Crippen molar-refractivity contribution in [1.29, 1.82) is 0 Å². The first-order chi connectivity index (χ1) is 11.3. The highest BCUT2D eigenvalue weighted by Gasteiger charge is 1.95. The molecule has 0 N–H and O–H groups in total. The van der Waals surface area contributed by atoms with E-state index in [-0.39, 0.29) is 7.43 Å². The van der Waals surface area contributed by atoms with Crippen molar-refractivity contribution in [2.75, 3.05) is 0 Å².